The molecule has 0 spiro atoms. The van der Waals surface area contributed by atoms with Crippen LogP contribution >= 0.6 is 23.7 Å². The van der Waals surface area contributed by atoms with E-state index in [4.69, 9.17) is 9.97 Å². The Kier molecular flexibility index (Phi) is 5.24. The molecule has 4 aromatic rings. The number of nitrogens with one attached hydrogen (secondary N) is 1. The molecule has 8 nitrogen and oxygen atoms in total. The summed E-state index contributed by atoms with van der Waals surface area (Å²) in [4.78, 5) is 21.8. The predicted molar refractivity (Wildman–Crippen MR) is 127 cm³/mol. The number of nitrogens with zero attached hydrogens (tertiary/aromatic N) is 7. The number of piperidine rings is 1. The van der Waals surface area contributed by atoms with Gasteiger partial charge < -0.3 is 14.6 Å². The van der Waals surface area contributed by atoms with E-state index < -0.39 is 0 Å². The summed E-state index contributed by atoms with van der Waals surface area (Å²) in [5.41, 5.74) is 3.64. The minimum atomic E-state index is 0. The molecular formula is C22H23ClN8S. The fourth-order valence-electron chi connectivity index (χ4n) is 4.94. The molecule has 2 fully saturated rings. The number of rotatable bonds is 3. The molecule has 2 bridgehead atoms. The van der Waals surface area contributed by atoms with Crippen LogP contribution in [0.2, 0.25) is 0 Å². The van der Waals surface area contributed by atoms with Gasteiger partial charge in [-0.15, -0.1) is 12.4 Å². The van der Waals surface area contributed by atoms with Crippen molar-refractivity contribution in [2.45, 2.75) is 50.7 Å². The topological polar surface area (TPSA) is 95.0 Å². The van der Waals surface area contributed by atoms with Gasteiger partial charge in [-0.1, -0.05) is 11.3 Å². The van der Waals surface area contributed by atoms with E-state index in [0.717, 1.165) is 26.7 Å². The quantitative estimate of drug-likeness (QED) is 0.491. The van der Waals surface area contributed by atoms with E-state index in [0.29, 0.717) is 35.2 Å². The molecule has 0 aliphatic carbocycles. The average molecular weight is 467 g/mol. The van der Waals surface area contributed by atoms with Gasteiger partial charge >= 0.3 is 0 Å². The number of aromatic nitrogens is 5. The number of aryl methyl sites for hydroxylation is 1. The van der Waals surface area contributed by atoms with E-state index in [1.54, 1.807) is 17.5 Å². The van der Waals surface area contributed by atoms with Crippen LogP contribution in [0.1, 0.15) is 36.9 Å². The number of nitriles is 1. The Labute approximate surface area is 195 Å². The van der Waals surface area contributed by atoms with Crippen molar-refractivity contribution in [1.29, 1.82) is 5.26 Å². The molecule has 2 saturated heterocycles. The van der Waals surface area contributed by atoms with E-state index in [1.807, 2.05) is 29.8 Å². The normalized spacial score (nSPS) is 22.1. The van der Waals surface area contributed by atoms with Crippen molar-refractivity contribution >= 4 is 44.9 Å². The van der Waals surface area contributed by atoms with Gasteiger partial charge in [0, 0.05) is 43.1 Å². The van der Waals surface area contributed by atoms with Crippen molar-refractivity contribution in [1.82, 2.24) is 29.7 Å². The van der Waals surface area contributed by atoms with E-state index in [2.05, 4.69) is 33.3 Å². The second kappa shape index (κ2) is 7.96. The van der Waals surface area contributed by atoms with Crippen LogP contribution in [0, 0.1) is 18.3 Å². The molecule has 10 heteroatoms. The standard InChI is InChI=1S/C22H22N8S.ClH/c1-12-10-30-11-14(5-13(8-23)20(30)25-12)19-24-9-18-21(28-19)31-22(27-18)29(2)17-6-15-3-4-16(7-17)26-15;/h5,9-11,15-17,26H,3-4,6-7H2,1-2H3;1H/t15-,16+,17?;. The Morgan fingerprint density at radius 2 is 1.97 bits per heavy atom. The highest BCUT2D eigenvalue weighted by Crippen LogP contribution is 2.35. The summed E-state index contributed by atoms with van der Waals surface area (Å²) in [6, 6.07) is 5.84. The van der Waals surface area contributed by atoms with Gasteiger partial charge in [-0.3, -0.25) is 0 Å². The van der Waals surface area contributed by atoms with Crippen LogP contribution in [-0.2, 0) is 0 Å². The number of hydrogen-bond acceptors (Lipinski definition) is 8. The number of imidazole rings is 1. The summed E-state index contributed by atoms with van der Waals surface area (Å²) >= 11 is 1.61. The monoisotopic (exact) mass is 466 g/mol. The first kappa shape index (κ1) is 21.1. The largest absolute Gasteiger partial charge is 0.348 e. The lowest BCUT2D eigenvalue weighted by Crippen LogP contribution is -2.47. The fraction of sp³-hybridized carbons (Fsp3) is 0.409. The Morgan fingerprint density at radius 3 is 2.72 bits per heavy atom. The van der Waals surface area contributed by atoms with Crippen molar-refractivity contribution in [3.05, 3.63) is 35.9 Å². The molecular weight excluding hydrogens is 444 g/mol. The molecule has 0 amide bonds. The van der Waals surface area contributed by atoms with Gasteiger partial charge in [0.15, 0.2) is 16.6 Å². The maximum atomic E-state index is 9.56. The van der Waals surface area contributed by atoms with Crippen LogP contribution < -0.4 is 10.2 Å². The van der Waals surface area contributed by atoms with Crippen LogP contribution in [0.15, 0.2) is 24.7 Å². The van der Waals surface area contributed by atoms with Gasteiger partial charge in [-0.25, -0.2) is 19.9 Å². The predicted octanol–water partition coefficient (Wildman–Crippen LogP) is 3.72. The van der Waals surface area contributed by atoms with Crippen LogP contribution in [0.3, 0.4) is 0 Å². The van der Waals surface area contributed by atoms with Gasteiger partial charge in [-0.05, 0) is 38.7 Å². The van der Waals surface area contributed by atoms with E-state index in [9.17, 15) is 5.26 Å². The summed E-state index contributed by atoms with van der Waals surface area (Å²) < 4.78 is 1.87. The molecule has 164 valence electrons. The highest BCUT2D eigenvalue weighted by molar-refractivity contribution is 7.21. The van der Waals surface area contributed by atoms with Crippen molar-refractivity contribution < 1.29 is 0 Å². The smallest absolute Gasteiger partial charge is 0.187 e. The third-order valence-corrected chi connectivity index (χ3v) is 7.54. The lowest BCUT2D eigenvalue weighted by Gasteiger charge is -2.35. The molecule has 32 heavy (non-hydrogen) atoms. The van der Waals surface area contributed by atoms with Gasteiger partial charge in [0.05, 0.1) is 17.5 Å². The first-order chi connectivity index (χ1) is 15.1. The molecule has 2 aliphatic rings. The minimum absolute atomic E-state index is 0. The molecule has 6 heterocycles. The van der Waals surface area contributed by atoms with Crippen molar-refractivity contribution in [3.63, 3.8) is 0 Å². The number of halogens is 1. The van der Waals surface area contributed by atoms with Crippen LogP contribution in [-0.4, -0.2) is 49.5 Å². The maximum absolute atomic E-state index is 9.56. The number of fused-ring (bicyclic) bond motifs is 4. The van der Waals surface area contributed by atoms with Crippen molar-refractivity contribution in [3.8, 4) is 17.5 Å². The number of anilines is 1. The van der Waals surface area contributed by atoms with Crippen molar-refractivity contribution in [2.24, 2.45) is 0 Å². The summed E-state index contributed by atoms with van der Waals surface area (Å²) in [5.74, 6) is 0.593. The minimum Gasteiger partial charge on any atom is -0.348 e. The Bertz CT molecular complexity index is 1340. The first-order valence-electron chi connectivity index (χ1n) is 10.6. The Hall–Kier alpha value is -2.80. The molecule has 0 saturated carbocycles. The summed E-state index contributed by atoms with van der Waals surface area (Å²) in [7, 11) is 2.15. The van der Waals surface area contributed by atoms with E-state index in [1.165, 1.54) is 25.7 Å². The number of hydrogen-bond donors (Lipinski definition) is 1. The van der Waals surface area contributed by atoms with Crippen LogP contribution in [0.5, 0.6) is 0 Å². The first-order valence-corrected chi connectivity index (χ1v) is 11.4. The molecule has 6 rings (SSSR count). The van der Waals surface area contributed by atoms with Gasteiger partial charge in [-0.2, -0.15) is 5.26 Å². The maximum Gasteiger partial charge on any atom is 0.187 e. The fourth-order valence-corrected chi connectivity index (χ4v) is 5.88. The number of thiazole rings is 1. The van der Waals surface area contributed by atoms with Crippen LogP contribution in [0.25, 0.3) is 27.4 Å². The molecule has 4 aromatic heterocycles. The van der Waals surface area contributed by atoms with Crippen LogP contribution in [0.4, 0.5) is 5.13 Å². The molecule has 0 radical (unpaired) electrons. The molecule has 1 N–H and O–H groups in total. The molecule has 0 aromatic carbocycles. The molecule has 2 aliphatic heterocycles. The lowest BCUT2D eigenvalue weighted by atomic mass is 9.99. The highest BCUT2D eigenvalue weighted by Gasteiger charge is 2.35. The third-order valence-electron chi connectivity index (χ3n) is 6.49. The zero-order valence-corrected chi connectivity index (χ0v) is 19.4. The molecule has 3 atom stereocenters. The second-order valence-electron chi connectivity index (χ2n) is 8.62. The van der Waals surface area contributed by atoms with Gasteiger partial charge in [0.1, 0.15) is 16.4 Å². The SMILES string of the molecule is Cc1cn2cc(-c3ncc4nc(N(C)C5C[C@H]6CC[C@@H](C5)N6)sc4n3)cc(C#N)c2n1.Cl. The van der Waals surface area contributed by atoms with E-state index in [-0.39, 0.29) is 12.4 Å². The zero-order chi connectivity index (χ0) is 21.1. The number of pyridine rings is 1. The zero-order valence-electron chi connectivity index (χ0n) is 17.8. The highest BCUT2D eigenvalue weighted by atomic mass is 35.5. The van der Waals surface area contributed by atoms with Gasteiger partial charge in [0.25, 0.3) is 0 Å². The lowest BCUT2D eigenvalue weighted by molar-refractivity contribution is 0.354. The average Bonchev–Trinajstić information content (AvgIpc) is 3.46. The summed E-state index contributed by atoms with van der Waals surface area (Å²) in [5, 5.41) is 14.3. The van der Waals surface area contributed by atoms with Crippen molar-refractivity contribution in [2.75, 3.05) is 11.9 Å². The molecule has 1 unspecified atom stereocenters. The summed E-state index contributed by atoms with van der Waals surface area (Å²) in [6.45, 7) is 1.92. The van der Waals surface area contributed by atoms with Gasteiger partial charge in [0.2, 0.25) is 0 Å². The Balaban J connectivity index is 0.00000216. The second-order valence-corrected chi connectivity index (χ2v) is 9.58. The Morgan fingerprint density at radius 1 is 1.19 bits per heavy atom. The third kappa shape index (κ3) is 3.48. The van der Waals surface area contributed by atoms with E-state index >= 15 is 0 Å². The summed E-state index contributed by atoms with van der Waals surface area (Å²) in [6.07, 6.45) is 10.5.